The van der Waals surface area contributed by atoms with E-state index >= 15 is 0 Å². The first-order valence-electron chi connectivity index (χ1n) is 10.6. The minimum Gasteiger partial charge on any atom is -0.490 e. The Morgan fingerprint density at radius 3 is 2.43 bits per heavy atom. The highest BCUT2D eigenvalue weighted by Crippen LogP contribution is 2.33. The normalized spacial score (nSPS) is 14.5. The number of anilines is 1. The van der Waals surface area contributed by atoms with Gasteiger partial charge in [-0.25, -0.2) is 0 Å². The summed E-state index contributed by atoms with van der Waals surface area (Å²) in [7, 11) is 0. The molecule has 0 aliphatic heterocycles. The van der Waals surface area contributed by atoms with E-state index in [1.54, 1.807) is 0 Å². The molecule has 4 nitrogen and oxygen atoms in total. The molecule has 2 aromatic carbocycles. The van der Waals surface area contributed by atoms with Gasteiger partial charge in [0.05, 0.1) is 6.10 Å². The molecule has 0 spiro atoms. The molecule has 1 amide bonds. The van der Waals surface area contributed by atoms with Crippen LogP contribution in [-0.2, 0) is 9.53 Å². The van der Waals surface area contributed by atoms with Crippen LogP contribution >= 0.6 is 0 Å². The van der Waals surface area contributed by atoms with Crippen LogP contribution in [0.1, 0.15) is 66.7 Å². The molecule has 0 bridgehead atoms. The second kappa shape index (κ2) is 10.5. The van der Waals surface area contributed by atoms with Crippen molar-refractivity contribution in [3.05, 3.63) is 36.4 Å². The molecule has 1 N–H and O–H groups in total. The molecule has 0 aliphatic carbocycles. The molecule has 0 saturated carbocycles. The number of nitrogens with one attached hydrogen (secondary N) is 1. The third kappa shape index (κ3) is 5.48. The molecule has 2 atom stereocenters. The fraction of sp³-hybridized carbons (Fsp3) is 0.542. The molecule has 0 fully saturated rings. The first-order chi connectivity index (χ1) is 13.4. The fourth-order valence-corrected chi connectivity index (χ4v) is 3.13. The van der Waals surface area contributed by atoms with E-state index in [0.29, 0.717) is 13.0 Å². The fourth-order valence-electron chi connectivity index (χ4n) is 3.13. The minimum absolute atomic E-state index is 0.0878. The van der Waals surface area contributed by atoms with Crippen molar-refractivity contribution in [3.8, 4) is 5.75 Å². The molecule has 28 heavy (non-hydrogen) atoms. The Balaban J connectivity index is 2.31. The Hall–Kier alpha value is -2.07. The van der Waals surface area contributed by atoms with Gasteiger partial charge in [0.1, 0.15) is 11.4 Å². The highest BCUT2D eigenvalue weighted by Gasteiger charge is 2.33. The van der Waals surface area contributed by atoms with Crippen LogP contribution in [0, 0.1) is 0 Å². The standard InChI is InChI=1S/C24H35NO3/c1-6-9-16-24(5,27-17-7-2)23(26)25-21-14-15-22(28-18(4)8-3)20-13-11-10-12-19(20)21/h10-15,18H,6-9,16-17H2,1-5H3,(H,25,26)/t18-,24-/m1/s1. The van der Waals surface area contributed by atoms with Gasteiger partial charge in [-0.05, 0) is 45.2 Å². The molecular formula is C24H35NO3. The number of unbranched alkanes of at least 4 members (excludes halogenated alkanes) is 1. The van der Waals surface area contributed by atoms with Crippen LogP contribution in [-0.4, -0.2) is 24.2 Å². The van der Waals surface area contributed by atoms with Gasteiger partial charge in [-0.2, -0.15) is 0 Å². The van der Waals surface area contributed by atoms with Crippen molar-refractivity contribution in [1.29, 1.82) is 0 Å². The number of hydrogen-bond donors (Lipinski definition) is 1. The van der Waals surface area contributed by atoms with E-state index in [2.05, 4.69) is 33.0 Å². The van der Waals surface area contributed by atoms with Crippen molar-refractivity contribution >= 4 is 22.4 Å². The van der Waals surface area contributed by atoms with Crippen LogP contribution < -0.4 is 10.1 Å². The van der Waals surface area contributed by atoms with Gasteiger partial charge in [-0.15, -0.1) is 0 Å². The highest BCUT2D eigenvalue weighted by atomic mass is 16.5. The maximum Gasteiger partial charge on any atom is 0.256 e. The molecule has 0 aliphatic rings. The Morgan fingerprint density at radius 1 is 1.07 bits per heavy atom. The predicted octanol–water partition coefficient (Wildman–Crippen LogP) is 6.33. The number of benzene rings is 2. The topological polar surface area (TPSA) is 47.6 Å². The van der Waals surface area contributed by atoms with Gasteiger partial charge in [0.15, 0.2) is 0 Å². The van der Waals surface area contributed by atoms with Crippen molar-refractivity contribution in [2.24, 2.45) is 0 Å². The van der Waals surface area contributed by atoms with Crippen LogP contribution in [0.5, 0.6) is 5.75 Å². The van der Waals surface area contributed by atoms with Gasteiger partial charge in [-0.1, -0.05) is 57.9 Å². The van der Waals surface area contributed by atoms with Crippen LogP contribution in [0.25, 0.3) is 10.8 Å². The Kier molecular flexibility index (Phi) is 8.31. The summed E-state index contributed by atoms with van der Waals surface area (Å²) < 4.78 is 12.1. The largest absolute Gasteiger partial charge is 0.490 e. The van der Waals surface area contributed by atoms with E-state index < -0.39 is 5.60 Å². The average molecular weight is 386 g/mol. The van der Waals surface area contributed by atoms with Gasteiger partial charge < -0.3 is 14.8 Å². The Morgan fingerprint density at radius 2 is 1.79 bits per heavy atom. The summed E-state index contributed by atoms with van der Waals surface area (Å²) in [5, 5.41) is 5.10. The monoisotopic (exact) mass is 385 g/mol. The molecule has 0 heterocycles. The number of carbonyl (C=O) groups is 1. The van der Waals surface area contributed by atoms with E-state index in [4.69, 9.17) is 9.47 Å². The van der Waals surface area contributed by atoms with Crippen molar-refractivity contribution in [2.75, 3.05) is 11.9 Å². The predicted molar refractivity (Wildman–Crippen MR) is 117 cm³/mol. The Bertz CT molecular complexity index is 764. The van der Waals surface area contributed by atoms with Crippen molar-refractivity contribution < 1.29 is 14.3 Å². The summed E-state index contributed by atoms with van der Waals surface area (Å²) in [5.41, 5.74) is -0.0288. The third-order valence-corrected chi connectivity index (χ3v) is 5.15. The maximum absolute atomic E-state index is 13.1. The molecule has 0 radical (unpaired) electrons. The van der Waals surface area contributed by atoms with E-state index in [1.807, 2.05) is 43.3 Å². The van der Waals surface area contributed by atoms with Crippen LogP contribution in [0.15, 0.2) is 36.4 Å². The first kappa shape index (κ1) is 22.2. The first-order valence-corrected chi connectivity index (χ1v) is 10.6. The molecule has 0 unspecified atom stereocenters. The molecule has 2 rings (SSSR count). The van der Waals surface area contributed by atoms with Gasteiger partial charge in [0.2, 0.25) is 0 Å². The molecule has 154 valence electrons. The summed E-state index contributed by atoms with van der Waals surface area (Å²) in [6.07, 6.45) is 4.67. The number of ether oxygens (including phenoxy) is 2. The van der Waals surface area contributed by atoms with Gasteiger partial charge in [-0.3, -0.25) is 4.79 Å². The second-order valence-corrected chi connectivity index (χ2v) is 7.63. The van der Waals surface area contributed by atoms with Crippen molar-refractivity contribution in [1.82, 2.24) is 0 Å². The van der Waals surface area contributed by atoms with Gasteiger partial charge in [0, 0.05) is 23.1 Å². The number of amides is 1. The zero-order valence-electron chi connectivity index (χ0n) is 18.0. The molecule has 2 aromatic rings. The summed E-state index contributed by atoms with van der Waals surface area (Å²) in [6, 6.07) is 11.9. The van der Waals surface area contributed by atoms with E-state index in [9.17, 15) is 4.79 Å². The summed E-state index contributed by atoms with van der Waals surface area (Å²) >= 11 is 0. The van der Waals surface area contributed by atoms with Crippen LogP contribution in [0.2, 0.25) is 0 Å². The smallest absolute Gasteiger partial charge is 0.256 e. The summed E-state index contributed by atoms with van der Waals surface area (Å²) in [5.74, 6) is 0.758. The highest BCUT2D eigenvalue weighted by molar-refractivity contribution is 6.06. The SMILES string of the molecule is CCCC[C@@](C)(OCCC)C(=O)Nc1ccc(O[C@H](C)CC)c2ccccc12. The van der Waals surface area contributed by atoms with Crippen LogP contribution in [0.3, 0.4) is 0 Å². The van der Waals surface area contributed by atoms with Crippen LogP contribution in [0.4, 0.5) is 5.69 Å². The molecule has 4 heteroatoms. The molecule has 0 saturated heterocycles. The number of hydrogen-bond acceptors (Lipinski definition) is 3. The quantitative estimate of drug-likeness (QED) is 0.491. The average Bonchev–Trinajstić information content (AvgIpc) is 2.72. The lowest BCUT2D eigenvalue weighted by molar-refractivity contribution is -0.140. The number of carbonyl (C=O) groups excluding carboxylic acids is 1. The van der Waals surface area contributed by atoms with Crippen molar-refractivity contribution in [3.63, 3.8) is 0 Å². The van der Waals surface area contributed by atoms with Gasteiger partial charge >= 0.3 is 0 Å². The number of fused-ring (bicyclic) bond motifs is 1. The maximum atomic E-state index is 13.1. The Labute approximate surface area is 169 Å². The number of rotatable bonds is 11. The van der Waals surface area contributed by atoms with E-state index in [-0.39, 0.29) is 12.0 Å². The van der Waals surface area contributed by atoms with Crippen molar-refractivity contribution in [2.45, 2.75) is 78.4 Å². The van der Waals surface area contributed by atoms with Gasteiger partial charge in [0.25, 0.3) is 5.91 Å². The molecular weight excluding hydrogens is 350 g/mol. The lowest BCUT2D eigenvalue weighted by atomic mass is 9.97. The third-order valence-electron chi connectivity index (χ3n) is 5.15. The second-order valence-electron chi connectivity index (χ2n) is 7.63. The zero-order valence-corrected chi connectivity index (χ0v) is 18.0. The zero-order chi connectivity index (χ0) is 20.6. The lowest BCUT2D eigenvalue weighted by Gasteiger charge is -2.29. The minimum atomic E-state index is -0.820. The van der Waals surface area contributed by atoms with E-state index in [1.165, 1.54) is 0 Å². The lowest BCUT2D eigenvalue weighted by Crippen LogP contribution is -2.43. The summed E-state index contributed by atoms with van der Waals surface area (Å²) in [4.78, 5) is 13.1. The van der Waals surface area contributed by atoms with E-state index in [0.717, 1.165) is 47.9 Å². The summed E-state index contributed by atoms with van der Waals surface area (Å²) in [6.45, 7) is 10.8. The molecule has 0 aromatic heterocycles.